The lowest BCUT2D eigenvalue weighted by Gasteiger charge is -2.20. The molecule has 1 amide bonds. The molecule has 1 aromatic carbocycles. The van der Waals surface area contributed by atoms with Gasteiger partial charge in [0.1, 0.15) is 5.69 Å². The van der Waals surface area contributed by atoms with Crippen LogP contribution in [0.2, 0.25) is 0 Å². The first-order valence-electron chi connectivity index (χ1n) is 6.38. The number of fused-ring (bicyclic) bond motifs is 1. The minimum Gasteiger partial charge on any atom is -0.395 e. The Morgan fingerprint density at radius 1 is 1.26 bits per heavy atom. The van der Waals surface area contributed by atoms with Crippen molar-refractivity contribution in [3.05, 3.63) is 36.2 Å². The van der Waals surface area contributed by atoms with E-state index in [2.05, 4.69) is 9.97 Å². The van der Waals surface area contributed by atoms with Crippen molar-refractivity contribution in [1.29, 1.82) is 0 Å². The molecule has 2 aromatic rings. The van der Waals surface area contributed by atoms with Crippen LogP contribution in [-0.2, 0) is 0 Å². The quantitative estimate of drug-likeness (QED) is 0.883. The van der Waals surface area contributed by atoms with Crippen molar-refractivity contribution >= 4 is 16.9 Å². The summed E-state index contributed by atoms with van der Waals surface area (Å²) in [6.45, 7) is 2.87. The third kappa shape index (κ3) is 3.06. The van der Waals surface area contributed by atoms with Gasteiger partial charge in [0.05, 0.1) is 23.8 Å². The third-order valence-corrected chi connectivity index (χ3v) is 2.82. The van der Waals surface area contributed by atoms with E-state index in [0.717, 1.165) is 11.9 Å². The summed E-state index contributed by atoms with van der Waals surface area (Å²) in [6.07, 6.45) is 2.33. The largest absolute Gasteiger partial charge is 0.395 e. The first-order valence-corrected chi connectivity index (χ1v) is 6.38. The maximum Gasteiger partial charge on any atom is 0.274 e. The van der Waals surface area contributed by atoms with Crippen LogP contribution in [0.5, 0.6) is 0 Å². The number of aromatic nitrogens is 2. The molecule has 0 spiro atoms. The molecule has 0 radical (unpaired) electrons. The molecular weight excluding hydrogens is 242 g/mol. The van der Waals surface area contributed by atoms with Crippen LogP contribution in [0, 0.1) is 0 Å². The van der Waals surface area contributed by atoms with E-state index in [1.54, 1.807) is 4.90 Å². The molecule has 1 aromatic heterocycles. The summed E-state index contributed by atoms with van der Waals surface area (Å²) in [4.78, 5) is 22.4. The van der Waals surface area contributed by atoms with Crippen molar-refractivity contribution in [3.63, 3.8) is 0 Å². The number of aliphatic hydroxyl groups is 1. The van der Waals surface area contributed by atoms with Gasteiger partial charge in [0.15, 0.2) is 0 Å². The summed E-state index contributed by atoms with van der Waals surface area (Å²) >= 11 is 0. The molecule has 0 bridgehead atoms. The van der Waals surface area contributed by atoms with E-state index in [9.17, 15) is 4.79 Å². The van der Waals surface area contributed by atoms with Crippen LogP contribution >= 0.6 is 0 Å². The lowest BCUT2D eigenvalue weighted by molar-refractivity contribution is 0.0716. The number of carbonyl (C=O) groups excluding carboxylic acids is 1. The number of aliphatic hydroxyl groups excluding tert-OH is 1. The van der Waals surface area contributed by atoms with Crippen LogP contribution in [0.1, 0.15) is 23.8 Å². The molecular formula is C14H17N3O2. The summed E-state index contributed by atoms with van der Waals surface area (Å²) in [5.41, 5.74) is 1.79. The Bertz CT molecular complexity index is 565. The number of hydrogen-bond donors (Lipinski definition) is 1. The summed E-state index contributed by atoms with van der Waals surface area (Å²) in [6, 6.07) is 7.43. The predicted octanol–water partition coefficient (Wildman–Crippen LogP) is 1.47. The van der Waals surface area contributed by atoms with Gasteiger partial charge in [-0.25, -0.2) is 4.98 Å². The molecule has 0 aliphatic rings. The molecule has 0 fully saturated rings. The molecule has 100 valence electrons. The third-order valence-electron chi connectivity index (χ3n) is 2.82. The van der Waals surface area contributed by atoms with Gasteiger partial charge in [-0.3, -0.25) is 9.78 Å². The molecule has 1 heterocycles. The highest BCUT2D eigenvalue weighted by molar-refractivity contribution is 5.93. The maximum absolute atomic E-state index is 12.3. The van der Waals surface area contributed by atoms with Gasteiger partial charge >= 0.3 is 0 Å². The van der Waals surface area contributed by atoms with Crippen LogP contribution in [0.3, 0.4) is 0 Å². The molecule has 19 heavy (non-hydrogen) atoms. The summed E-state index contributed by atoms with van der Waals surface area (Å²) in [5.74, 6) is -0.186. The van der Waals surface area contributed by atoms with E-state index in [1.807, 2.05) is 31.2 Å². The zero-order chi connectivity index (χ0) is 13.7. The van der Waals surface area contributed by atoms with Crippen molar-refractivity contribution in [2.45, 2.75) is 13.3 Å². The first-order chi connectivity index (χ1) is 9.26. The number of carbonyl (C=O) groups is 1. The van der Waals surface area contributed by atoms with E-state index >= 15 is 0 Å². The number of nitrogens with zero attached hydrogens (tertiary/aromatic N) is 3. The lowest BCUT2D eigenvalue weighted by Crippen LogP contribution is -2.34. The molecule has 0 atom stereocenters. The maximum atomic E-state index is 12.3. The topological polar surface area (TPSA) is 66.3 Å². The molecule has 0 saturated heterocycles. The van der Waals surface area contributed by atoms with E-state index in [0.29, 0.717) is 24.3 Å². The minimum absolute atomic E-state index is 0.0489. The average Bonchev–Trinajstić information content (AvgIpc) is 2.46. The van der Waals surface area contributed by atoms with Crippen molar-refractivity contribution < 1.29 is 9.90 Å². The van der Waals surface area contributed by atoms with E-state index in [-0.39, 0.29) is 12.5 Å². The van der Waals surface area contributed by atoms with E-state index < -0.39 is 0 Å². The second-order valence-corrected chi connectivity index (χ2v) is 4.26. The van der Waals surface area contributed by atoms with Crippen molar-refractivity contribution in [3.8, 4) is 0 Å². The highest BCUT2D eigenvalue weighted by Crippen LogP contribution is 2.10. The highest BCUT2D eigenvalue weighted by atomic mass is 16.3. The van der Waals surface area contributed by atoms with E-state index in [4.69, 9.17) is 5.11 Å². The lowest BCUT2D eigenvalue weighted by atomic mass is 10.2. The fourth-order valence-corrected chi connectivity index (χ4v) is 1.93. The Hall–Kier alpha value is -2.01. The molecule has 0 aliphatic carbocycles. The SMILES string of the molecule is CCCN(CCO)C(=O)c1cnc2ccccc2n1. The Kier molecular flexibility index (Phi) is 4.41. The monoisotopic (exact) mass is 259 g/mol. The van der Waals surface area contributed by atoms with Gasteiger partial charge in [-0.2, -0.15) is 0 Å². The number of benzene rings is 1. The highest BCUT2D eigenvalue weighted by Gasteiger charge is 2.16. The number of amides is 1. The summed E-state index contributed by atoms with van der Waals surface area (Å²) < 4.78 is 0. The van der Waals surface area contributed by atoms with Crippen LogP contribution in [-0.4, -0.2) is 45.6 Å². The van der Waals surface area contributed by atoms with E-state index in [1.165, 1.54) is 6.20 Å². The number of para-hydroxylation sites is 2. The van der Waals surface area contributed by atoms with Crippen molar-refractivity contribution in [2.24, 2.45) is 0 Å². The molecule has 1 N–H and O–H groups in total. The summed E-state index contributed by atoms with van der Waals surface area (Å²) in [7, 11) is 0. The van der Waals surface area contributed by atoms with Gasteiger partial charge in [0.2, 0.25) is 0 Å². The predicted molar refractivity (Wildman–Crippen MR) is 72.8 cm³/mol. The van der Waals surface area contributed by atoms with Gasteiger partial charge in [0.25, 0.3) is 5.91 Å². The van der Waals surface area contributed by atoms with Gasteiger partial charge < -0.3 is 10.0 Å². The first kappa shape index (κ1) is 13.4. The zero-order valence-electron chi connectivity index (χ0n) is 10.9. The molecule has 2 rings (SSSR count). The molecule has 0 unspecified atom stereocenters. The number of rotatable bonds is 5. The second kappa shape index (κ2) is 6.24. The molecule has 0 saturated carbocycles. The standard InChI is InChI=1S/C14H17N3O2/c1-2-7-17(8-9-18)14(19)13-10-15-11-5-3-4-6-12(11)16-13/h3-6,10,18H,2,7-9H2,1H3. The Morgan fingerprint density at radius 2 is 2.00 bits per heavy atom. The minimum atomic E-state index is -0.186. The molecule has 5 nitrogen and oxygen atoms in total. The summed E-state index contributed by atoms with van der Waals surface area (Å²) in [5, 5.41) is 9.00. The Balaban J connectivity index is 2.29. The molecule has 0 aliphatic heterocycles. The van der Waals surface area contributed by atoms with Gasteiger partial charge in [-0.15, -0.1) is 0 Å². The number of hydrogen-bond acceptors (Lipinski definition) is 4. The smallest absolute Gasteiger partial charge is 0.274 e. The van der Waals surface area contributed by atoms with Crippen LogP contribution in [0.4, 0.5) is 0 Å². The zero-order valence-corrected chi connectivity index (χ0v) is 10.9. The fraction of sp³-hybridized carbons (Fsp3) is 0.357. The van der Waals surface area contributed by atoms with Crippen molar-refractivity contribution in [2.75, 3.05) is 19.7 Å². The van der Waals surface area contributed by atoms with Crippen molar-refractivity contribution in [1.82, 2.24) is 14.9 Å². The normalized spacial score (nSPS) is 10.6. The van der Waals surface area contributed by atoms with Crippen LogP contribution in [0.25, 0.3) is 11.0 Å². The Labute approximate surface area is 111 Å². The average molecular weight is 259 g/mol. The van der Waals surface area contributed by atoms with Gasteiger partial charge in [-0.05, 0) is 18.6 Å². The molecule has 5 heteroatoms. The van der Waals surface area contributed by atoms with Gasteiger partial charge in [-0.1, -0.05) is 19.1 Å². The Morgan fingerprint density at radius 3 is 2.68 bits per heavy atom. The fourth-order valence-electron chi connectivity index (χ4n) is 1.93. The van der Waals surface area contributed by atoms with Gasteiger partial charge in [0, 0.05) is 13.1 Å². The van der Waals surface area contributed by atoms with Crippen LogP contribution in [0.15, 0.2) is 30.5 Å². The second-order valence-electron chi connectivity index (χ2n) is 4.26. The van der Waals surface area contributed by atoms with Crippen LogP contribution < -0.4 is 0 Å².